The molecule has 2 heterocycles. The van der Waals surface area contributed by atoms with Crippen molar-refractivity contribution < 1.29 is 4.40 Å². The molecule has 0 saturated heterocycles. The highest BCUT2D eigenvalue weighted by atomic mass is 15.2. The van der Waals surface area contributed by atoms with Crippen molar-refractivity contribution in [3.8, 4) is 0 Å². The third-order valence-electron chi connectivity index (χ3n) is 2.24. The Kier molecular flexibility index (Phi) is 1.44. The highest BCUT2D eigenvalue weighted by Gasteiger charge is 2.07. The van der Waals surface area contributed by atoms with Gasteiger partial charge in [0.1, 0.15) is 0 Å². The molecule has 0 saturated carbocycles. The van der Waals surface area contributed by atoms with Crippen LogP contribution in [0.2, 0.25) is 0 Å². The number of aromatic nitrogens is 3. The molecule has 0 amide bonds. The summed E-state index contributed by atoms with van der Waals surface area (Å²) in [5, 5.41) is 8.26. The van der Waals surface area contributed by atoms with Crippen LogP contribution in [0.4, 0.5) is 0 Å². The van der Waals surface area contributed by atoms with Crippen molar-refractivity contribution in [2.24, 2.45) is 0 Å². The van der Waals surface area contributed by atoms with Crippen LogP contribution in [0.25, 0.3) is 16.7 Å². The van der Waals surface area contributed by atoms with Crippen LogP contribution in [0.5, 0.6) is 0 Å². The number of para-hydroxylation sites is 1. The van der Waals surface area contributed by atoms with Crippen LogP contribution in [0, 0.1) is 0 Å². The van der Waals surface area contributed by atoms with Crippen molar-refractivity contribution in [2.45, 2.75) is 0 Å². The molecule has 3 nitrogen and oxygen atoms in total. The van der Waals surface area contributed by atoms with Gasteiger partial charge in [-0.05, 0) is 23.3 Å². The fraction of sp³-hybridized carbons (Fsp3) is 0. The molecular weight excluding hydrogens is 174 g/mol. The first-order chi connectivity index (χ1) is 6.95. The lowest BCUT2D eigenvalue weighted by atomic mass is 10.3. The standard InChI is InChI=1S/C11H8N3/c1-2-6-10-9(5-1)12-13-11-7-3-4-8-14(10)11/h1-8H/q+1. The van der Waals surface area contributed by atoms with Gasteiger partial charge in [-0.25, -0.2) is 0 Å². The molecular formula is C11H8N3+. The largest absolute Gasteiger partial charge is 0.355 e. The Morgan fingerprint density at radius 2 is 1.71 bits per heavy atom. The molecule has 2 aromatic heterocycles. The van der Waals surface area contributed by atoms with E-state index in [-0.39, 0.29) is 0 Å². The first-order valence-corrected chi connectivity index (χ1v) is 4.47. The minimum atomic E-state index is 0.867. The lowest BCUT2D eigenvalue weighted by Gasteiger charge is -1.94. The molecule has 14 heavy (non-hydrogen) atoms. The summed E-state index contributed by atoms with van der Waals surface area (Å²) < 4.78 is 2.03. The third-order valence-corrected chi connectivity index (χ3v) is 2.24. The molecule has 0 spiro atoms. The highest BCUT2D eigenvalue weighted by molar-refractivity contribution is 5.70. The van der Waals surface area contributed by atoms with Crippen LogP contribution in [0.1, 0.15) is 0 Å². The minimum absolute atomic E-state index is 0.867. The summed E-state index contributed by atoms with van der Waals surface area (Å²) >= 11 is 0. The first-order valence-electron chi connectivity index (χ1n) is 4.47. The van der Waals surface area contributed by atoms with Gasteiger partial charge in [-0.3, -0.25) is 0 Å². The highest BCUT2D eigenvalue weighted by Crippen LogP contribution is 2.05. The van der Waals surface area contributed by atoms with E-state index in [0.717, 1.165) is 16.7 Å². The molecule has 0 aliphatic heterocycles. The van der Waals surface area contributed by atoms with E-state index < -0.39 is 0 Å². The fourth-order valence-corrected chi connectivity index (χ4v) is 1.58. The molecule has 0 aliphatic rings. The van der Waals surface area contributed by atoms with Gasteiger partial charge in [0, 0.05) is 6.07 Å². The Hall–Kier alpha value is -2.03. The van der Waals surface area contributed by atoms with Crippen molar-refractivity contribution >= 4 is 16.7 Å². The van der Waals surface area contributed by atoms with E-state index >= 15 is 0 Å². The van der Waals surface area contributed by atoms with Gasteiger partial charge in [0.15, 0.2) is 11.0 Å². The molecule has 0 N–H and O–H groups in total. The average molecular weight is 182 g/mol. The number of benzene rings is 1. The van der Waals surface area contributed by atoms with Crippen LogP contribution in [-0.2, 0) is 0 Å². The fourth-order valence-electron chi connectivity index (χ4n) is 1.58. The van der Waals surface area contributed by atoms with Gasteiger partial charge in [0.2, 0.25) is 0 Å². The minimum Gasteiger partial charge on any atom is -0.192 e. The van der Waals surface area contributed by atoms with Crippen molar-refractivity contribution in [3.05, 3.63) is 48.7 Å². The van der Waals surface area contributed by atoms with E-state index in [2.05, 4.69) is 10.2 Å². The Morgan fingerprint density at radius 3 is 2.71 bits per heavy atom. The van der Waals surface area contributed by atoms with Gasteiger partial charge in [-0.1, -0.05) is 18.2 Å². The summed E-state index contributed by atoms with van der Waals surface area (Å²) in [5.41, 5.74) is 2.86. The maximum absolute atomic E-state index is 4.14. The quantitative estimate of drug-likeness (QED) is 0.388. The third kappa shape index (κ3) is 0.956. The number of hydrogen-bond acceptors (Lipinski definition) is 2. The summed E-state index contributed by atoms with van der Waals surface area (Å²) in [5.74, 6) is 0. The van der Waals surface area contributed by atoms with E-state index in [0.29, 0.717) is 0 Å². The smallest absolute Gasteiger partial charge is 0.192 e. The molecule has 0 atom stereocenters. The number of rotatable bonds is 0. The predicted octanol–water partition coefficient (Wildman–Crippen LogP) is 1.37. The molecule has 0 bridgehead atoms. The predicted molar refractivity (Wildman–Crippen MR) is 52.7 cm³/mol. The van der Waals surface area contributed by atoms with E-state index in [1.807, 2.05) is 53.1 Å². The summed E-state index contributed by atoms with van der Waals surface area (Å²) in [7, 11) is 0. The van der Waals surface area contributed by atoms with Gasteiger partial charge in [0.05, 0.1) is 11.3 Å². The number of pyridine rings is 1. The second kappa shape index (κ2) is 2.73. The van der Waals surface area contributed by atoms with Crippen LogP contribution in [-0.4, -0.2) is 10.2 Å². The Labute approximate surface area is 80.6 Å². The molecule has 66 valence electrons. The van der Waals surface area contributed by atoms with Gasteiger partial charge in [-0.15, -0.1) is 0 Å². The molecule has 0 aliphatic carbocycles. The van der Waals surface area contributed by atoms with Crippen LogP contribution < -0.4 is 4.40 Å². The van der Waals surface area contributed by atoms with Gasteiger partial charge >= 0.3 is 5.65 Å². The SMILES string of the molecule is c1ccc2c(c1)nnc1cccc[n+]12. The van der Waals surface area contributed by atoms with E-state index in [1.54, 1.807) is 0 Å². The molecule has 3 heteroatoms. The second-order valence-corrected chi connectivity index (χ2v) is 3.12. The Bertz CT molecular complexity index is 550. The van der Waals surface area contributed by atoms with Gasteiger partial charge < -0.3 is 0 Å². The van der Waals surface area contributed by atoms with Crippen LogP contribution in [0.3, 0.4) is 0 Å². The average Bonchev–Trinajstić information content (AvgIpc) is 2.29. The zero-order chi connectivity index (χ0) is 9.38. The molecule has 1 aromatic carbocycles. The lowest BCUT2D eigenvalue weighted by Crippen LogP contribution is -2.24. The van der Waals surface area contributed by atoms with E-state index in [1.165, 1.54) is 0 Å². The topological polar surface area (TPSA) is 29.9 Å². The van der Waals surface area contributed by atoms with Gasteiger partial charge in [0.25, 0.3) is 0 Å². The molecule has 0 unspecified atom stereocenters. The summed E-state index contributed by atoms with van der Waals surface area (Å²) in [6, 6.07) is 13.9. The van der Waals surface area contributed by atoms with Crippen molar-refractivity contribution in [2.75, 3.05) is 0 Å². The Morgan fingerprint density at radius 1 is 0.857 bits per heavy atom. The zero-order valence-electron chi connectivity index (χ0n) is 7.46. The molecule has 0 fully saturated rings. The number of fused-ring (bicyclic) bond motifs is 3. The van der Waals surface area contributed by atoms with Crippen LogP contribution in [0.15, 0.2) is 48.7 Å². The first kappa shape index (κ1) is 7.38. The summed E-state index contributed by atoms with van der Waals surface area (Å²) in [6.07, 6.45) is 1.99. The maximum atomic E-state index is 4.14. The van der Waals surface area contributed by atoms with Crippen molar-refractivity contribution in [1.82, 2.24) is 10.2 Å². The number of nitrogens with zero attached hydrogens (tertiary/aromatic N) is 3. The summed E-state index contributed by atoms with van der Waals surface area (Å²) in [4.78, 5) is 0. The normalized spacial score (nSPS) is 10.9. The second-order valence-electron chi connectivity index (χ2n) is 3.12. The van der Waals surface area contributed by atoms with Crippen molar-refractivity contribution in [3.63, 3.8) is 0 Å². The zero-order valence-corrected chi connectivity index (χ0v) is 7.46. The lowest BCUT2D eigenvalue weighted by molar-refractivity contribution is -0.485. The molecule has 3 aromatic rings. The van der Waals surface area contributed by atoms with E-state index in [4.69, 9.17) is 0 Å². The van der Waals surface area contributed by atoms with Crippen molar-refractivity contribution in [1.29, 1.82) is 0 Å². The summed E-state index contributed by atoms with van der Waals surface area (Å²) in [6.45, 7) is 0. The van der Waals surface area contributed by atoms with Gasteiger partial charge in [-0.2, -0.15) is 4.40 Å². The number of hydrogen-bond donors (Lipinski definition) is 0. The molecule has 3 rings (SSSR count). The maximum Gasteiger partial charge on any atom is 0.355 e. The van der Waals surface area contributed by atoms with Crippen LogP contribution >= 0.6 is 0 Å². The van der Waals surface area contributed by atoms with E-state index in [9.17, 15) is 0 Å². The Balaban J connectivity index is 2.61. The monoisotopic (exact) mass is 182 g/mol. The molecule has 0 radical (unpaired) electrons.